The Hall–Kier alpha value is -3.75. The summed E-state index contributed by atoms with van der Waals surface area (Å²) in [4.78, 5) is 53.7. The summed E-state index contributed by atoms with van der Waals surface area (Å²) in [6.45, 7) is 0.578. The van der Waals surface area contributed by atoms with Crippen LogP contribution in [0.3, 0.4) is 0 Å². The summed E-state index contributed by atoms with van der Waals surface area (Å²) >= 11 is 3.95. The highest BCUT2D eigenvalue weighted by molar-refractivity contribution is 8.09. The van der Waals surface area contributed by atoms with Crippen molar-refractivity contribution in [3.05, 3.63) is 75.3 Å². The highest BCUT2D eigenvalue weighted by Gasteiger charge is 2.54. The molecule has 4 aliphatic rings. The lowest BCUT2D eigenvalue weighted by Crippen LogP contribution is -2.71. The predicted molar refractivity (Wildman–Crippen MR) is 165 cm³/mol. The number of thioether (sulfide) groups is 2. The molecule has 11 nitrogen and oxygen atoms in total. The van der Waals surface area contributed by atoms with Gasteiger partial charge in [-0.05, 0) is 50.0 Å². The van der Waals surface area contributed by atoms with Crippen molar-refractivity contribution in [2.24, 2.45) is 5.16 Å². The summed E-state index contributed by atoms with van der Waals surface area (Å²) in [6, 6.07) is 8.98. The Morgan fingerprint density at radius 2 is 2.00 bits per heavy atom. The van der Waals surface area contributed by atoms with Crippen LogP contribution in [-0.4, -0.2) is 68.3 Å². The van der Waals surface area contributed by atoms with E-state index in [2.05, 4.69) is 20.4 Å². The quantitative estimate of drug-likeness (QED) is 0.214. The third-order valence-corrected chi connectivity index (χ3v) is 10.5. The number of anilines is 2. The second-order valence-electron chi connectivity index (χ2n) is 10.0. The molecule has 1 aliphatic carbocycles. The minimum atomic E-state index is -1.18. The summed E-state index contributed by atoms with van der Waals surface area (Å²) < 4.78 is 0. The van der Waals surface area contributed by atoms with E-state index >= 15 is 0 Å². The van der Waals surface area contributed by atoms with Crippen LogP contribution in [0.4, 0.5) is 10.8 Å². The number of hydrogen-bond donors (Lipinski definition) is 3. The summed E-state index contributed by atoms with van der Waals surface area (Å²) in [5.41, 5.74) is 6.96. The number of nitrogens with one attached hydrogen (secondary N) is 1. The van der Waals surface area contributed by atoms with E-state index in [1.807, 2.05) is 48.7 Å². The zero-order chi connectivity index (χ0) is 29.2. The van der Waals surface area contributed by atoms with Gasteiger partial charge in [-0.15, -0.1) is 23.1 Å². The minimum Gasteiger partial charge on any atom is -0.477 e. The van der Waals surface area contributed by atoms with Crippen molar-refractivity contribution in [2.75, 3.05) is 22.9 Å². The normalized spacial score (nSPS) is 22.5. The van der Waals surface area contributed by atoms with Gasteiger partial charge in [-0.25, -0.2) is 9.78 Å². The van der Waals surface area contributed by atoms with Gasteiger partial charge in [-0.3, -0.25) is 14.5 Å². The molecule has 0 unspecified atom stereocenters. The Balaban J connectivity index is 1.16. The third kappa shape index (κ3) is 5.78. The number of nitrogen functional groups attached to an aromatic ring is 1. The molecule has 2 fully saturated rings. The standard InChI is InChI=1S/C28H28N6O5S3/c29-28-30-19(14-41-28)21(32-39-17-9-4-5-10-17)24(35)31-22-25(36)34-23(27(37)38)20(15-40-26(22)34)42-18-11-6-12-33(13-18)16-7-2-1-3-8-16/h1-3,6-8,11-12,14,17,22,26H,4-5,9-10,13,15H2,(H2,29,30)(H,31,35)(H,37,38)/t22-,26+/m1/s1. The van der Waals surface area contributed by atoms with Crippen LogP contribution in [0.5, 0.6) is 0 Å². The molecule has 42 heavy (non-hydrogen) atoms. The molecule has 1 aromatic heterocycles. The number of carbonyl (C=O) groups excluding carboxylic acids is 2. The lowest BCUT2D eigenvalue weighted by molar-refractivity contribution is -0.150. The molecular weight excluding hydrogens is 597 g/mol. The van der Waals surface area contributed by atoms with Gasteiger partial charge in [0.25, 0.3) is 11.8 Å². The Morgan fingerprint density at radius 3 is 2.71 bits per heavy atom. The van der Waals surface area contributed by atoms with Gasteiger partial charge in [0.1, 0.15) is 28.9 Å². The summed E-state index contributed by atoms with van der Waals surface area (Å²) in [5, 5.41) is 18.3. The first-order chi connectivity index (χ1) is 20.4. The molecular formula is C28H28N6O5S3. The molecule has 4 heterocycles. The number of thiazole rings is 1. The van der Waals surface area contributed by atoms with Crippen LogP contribution in [0.15, 0.2) is 74.7 Å². The number of allylic oxidation sites excluding steroid dienone is 2. The monoisotopic (exact) mass is 624 g/mol. The van der Waals surface area contributed by atoms with E-state index in [4.69, 9.17) is 10.6 Å². The maximum atomic E-state index is 13.3. The van der Waals surface area contributed by atoms with Gasteiger partial charge in [0.05, 0.1) is 6.54 Å². The number of carboxylic acids is 1. The molecule has 4 N–H and O–H groups in total. The van der Waals surface area contributed by atoms with E-state index in [0.29, 0.717) is 17.2 Å². The van der Waals surface area contributed by atoms with Gasteiger partial charge in [-0.2, -0.15) is 0 Å². The zero-order valence-electron chi connectivity index (χ0n) is 22.3. The smallest absolute Gasteiger partial charge is 0.353 e. The van der Waals surface area contributed by atoms with Crippen LogP contribution in [0.25, 0.3) is 0 Å². The number of fused-ring (bicyclic) bond motifs is 1. The fraction of sp³-hybridized carbons (Fsp3) is 0.321. The van der Waals surface area contributed by atoms with E-state index < -0.39 is 29.2 Å². The summed E-state index contributed by atoms with van der Waals surface area (Å²) in [6.07, 6.45) is 9.56. The van der Waals surface area contributed by atoms with Crippen LogP contribution in [0.2, 0.25) is 0 Å². The average Bonchev–Trinajstić information content (AvgIpc) is 3.68. The molecule has 0 bridgehead atoms. The minimum absolute atomic E-state index is 0.0494. The van der Waals surface area contributed by atoms with Crippen molar-refractivity contribution in [1.29, 1.82) is 0 Å². The van der Waals surface area contributed by atoms with Gasteiger partial charge in [0.2, 0.25) is 0 Å². The molecule has 2 amide bonds. The van der Waals surface area contributed by atoms with E-state index in [0.717, 1.165) is 36.3 Å². The molecule has 1 aromatic carbocycles. The maximum absolute atomic E-state index is 13.3. The predicted octanol–water partition coefficient (Wildman–Crippen LogP) is 3.74. The molecule has 6 rings (SSSR count). The molecule has 14 heteroatoms. The molecule has 0 radical (unpaired) electrons. The molecule has 0 spiro atoms. The fourth-order valence-electron chi connectivity index (χ4n) is 5.15. The largest absolute Gasteiger partial charge is 0.477 e. The van der Waals surface area contributed by atoms with Crippen LogP contribution in [-0.2, 0) is 19.2 Å². The van der Waals surface area contributed by atoms with E-state index in [9.17, 15) is 19.5 Å². The van der Waals surface area contributed by atoms with Crippen molar-refractivity contribution in [3.8, 4) is 0 Å². The number of aromatic nitrogens is 1. The number of carbonyl (C=O) groups is 3. The topological polar surface area (TPSA) is 150 Å². The first kappa shape index (κ1) is 28.4. The fourth-order valence-corrected chi connectivity index (χ4v) is 8.28. The Kier molecular flexibility index (Phi) is 8.27. The average molecular weight is 625 g/mol. The van der Waals surface area contributed by atoms with Gasteiger partial charge >= 0.3 is 5.97 Å². The molecule has 218 valence electrons. The Labute approximate surface area is 254 Å². The summed E-state index contributed by atoms with van der Waals surface area (Å²) in [7, 11) is 0. The van der Waals surface area contributed by atoms with E-state index in [1.165, 1.54) is 39.8 Å². The number of nitrogens with two attached hydrogens (primary N) is 1. The number of oxime groups is 1. The van der Waals surface area contributed by atoms with Gasteiger partial charge < -0.3 is 25.9 Å². The van der Waals surface area contributed by atoms with E-state index in [-0.39, 0.29) is 28.3 Å². The SMILES string of the molecule is Nc1nc(C(=NOC2CCCC2)C(=O)N[C@@H]2C(=O)N3C(C(=O)O)=C(SC4=CC=CN(c5ccccc5)C4)CS[C@@H]23)cs1. The van der Waals surface area contributed by atoms with E-state index in [1.54, 1.807) is 5.38 Å². The number of nitrogens with zero attached hydrogens (tertiary/aromatic N) is 4. The van der Waals surface area contributed by atoms with Crippen molar-refractivity contribution >= 4 is 69.2 Å². The first-order valence-corrected chi connectivity index (χ1v) is 16.2. The third-order valence-electron chi connectivity index (χ3n) is 7.21. The van der Waals surface area contributed by atoms with Crippen LogP contribution >= 0.6 is 34.9 Å². The van der Waals surface area contributed by atoms with Crippen LogP contribution < -0.4 is 16.0 Å². The number of rotatable bonds is 9. The second kappa shape index (κ2) is 12.2. The van der Waals surface area contributed by atoms with Crippen molar-refractivity contribution in [3.63, 3.8) is 0 Å². The summed E-state index contributed by atoms with van der Waals surface area (Å²) in [5.74, 6) is -1.92. The number of aliphatic carboxylic acids is 1. The van der Waals surface area contributed by atoms with Crippen molar-refractivity contribution in [1.82, 2.24) is 15.2 Å². The number of β-lactam (4-membered cyclic amide) rings is 1. The van der Waals surface area contributed by atoms with Gasteiger partial charge in [0, 0.05) is 32.8 Å². The number of benzene rings is 1. The lowest BCUT2D eigenvalue weighted by atomic mass is 10.0. The van der Waals surface area contributed by atoms with Gasteiger partial charge in [0.15, 0.2) is 10.8 Å². The molecule has 1 saturated heterocycles. The van der Waals surface area contributed by atoms with Crippen LogP contribution in [0.1, 0.15) is 31.4 Å². The second-order valence-corrected chi connectivity index (χ2v) is 13.2. The first-order valence-electron chi connectivity index (χ1n) is 13.4. The number of amides is 2. The van der Waals surface area contributed by atoms with Crippen molar-refractivity contribution in [2.45, 2.75) is 43.2 Å². The zero-order valence-corrected chi connectivity index (χ0v) is 24.8. The van der Waals surface area contributed by atoms with Crippen LogP contribution in [0, 0.1) is 0 Å². The Bertz CT molecular complexity index is 1510. The maximum Gasteiger partial charge on any atom is 0.353 e. The molecule has 1 saturated carbocycles. The lowest BCUT2D eigenvalue weighted by Gasteiger charge is -2.49. The number of para-hydroxylation sites is 1. The molecule has 2 atom stereocenters. The number of carboxylic acid groups (broad SMARTS) is 1. The number of hydrogen-bond acceptors (Lipinski definition) is 11. The van der Waals surface area contributed by atoms with Gasteiger partial charge in [-0.1, -0.05) is 35.1 Å². The molecule has 3 aliphatic heterocycles. The molecule has 2 aromatic rings. The Morgan fingerprint density at radius 1 is 1.21 bits per heavy atom. The highest BCUT2D eigenvalue weighted by Crippen LogP contribution is 2.45. The van der Waals surface area contributed by atoms with Crippen molar-refractivity contribution < 1.29 is 24.3 Å². The highest BCUT2D eigenvalue weighted by atomic mass is 32.2.